The van der Waals surface area contributed by atoms with Crippen molar-refractivity contribution in [1.82, 2.24) is 0 Å². The highest BCUT2D eigenvalue weighted by atomic mass is 16.5. The number of hydrogen-bond acceptors (Lipinski definition) is 4. The lowest BCUT2D eigenvalue weighted by molar-refractivity contribution is -0.141. The Bertz CT molecular complexity index is 431. The zero-order valence-corrected chi connectivity index (χ0v) is 10.8. The molecule has 0 aliphatic heterocycles. The first-order valence-corrected chi connectivity index (χ1v) is 5.56. The molecule has 0 aliphatic carbocycles. The summed E-state index contributed by atoms with van der Waals surface area (Å²) in [4.78, 5) is 24.3. The fourth-order valence-electron chi connectivity index (χ4n) is 1.52. The molecule has 0 heterocycles. The fourth-order valence-corrected chi connectivity index (χ4v) is 1.52. The van der Waals surface area contributed by atoms with Gasteiger partial charge in [-0.05, 0) is 12.1 Å². The van der Waals surface area contributed by atoms with Gasteiger partial charge in [0.25, 0.3) is 0 Å². The lowest BCUT2D eigenvalue weighted by Crippen LogP contribution is -2.27. The molecule has 0 unspecified atom stereocenters. The Labute approximate surface area is 106 Å². The van der Waals surface area contributed by atoms with Gasteiger partial charge in [0.2, 0.25) is 5.91 Å². The van der Waals surface area contributed by atoms with Gasteiger partial charge in [-0.25, -0.2) is 0 Å². The van der Waals surface area contributed by atoms with Crippen LogP contribution in [0.2, 0.25) is 0 Å². The molecule has 5 heteroatoms. The SMILES string of the molecule is COC(=O)CCC(=O)N(C)c1ccccc1OC. The number of esters is 1. The summed E-state index contributed by atoms with van der Waals surface area (Å²) in [5, 5.41) is 0. The molecular formula is C13H17NO4. The number of benzene rings is 1. The second-order valence-corrected chi connectivity index (χ2v) is 3.70. The number of amides is 1. The van der Waals surface area contributed by atoms with Crippen molar-refractivity contribution in [3.8, 4) is 5.75 Å². The van der Waals surface area contributed by atoms with Crippen LogP contribution in [0.15, 0.2) is 24.3 Å². The molecule has 0 saturated carbocycles. The van der Waals surface area contributed by atoms with Crippen LogP contribution in [-0.4, -0.2) is 33.1 Å². The number of carbonyl (C=O) groups is 2. The molecule has 1 aromatic carbocycles. The van der Waals surface area contributed by atoms with Gasteiger partial charge < -0.3 is 14.4 Å². The van der Waals surface area contributed by atoms with E-state index in [4.69, 9.17) is 4.74 Å². The second-order valence-electron chi connectivity index (χ2n) is 3.70. The summed E-state index contributed by atoms with van der Waals surface area (Å²) < 4.78 is 9.67. The van der Waals surface area contributed by atoms with Crippen LogP contribution in [0.3, 0.4) is 0 Å². The molecule has 98 valence electrons. The van der Waals surface area contributed by atoms with Gasteiger partial charge in [0.1, 0.15) is 5.75 Å². The van der Waals surface area contributed by atoms with E-state index in [1.165, 1.54) is 12.0 Å². The first-order valence-electron chi connectivity index (χ1n) is 5.56. The van der Waals surface area contributed by atoms with Crippen molar-refractivity contribution >= 4 is 17.6 Å². The van der Waals surface area contributed by atoms with E-state index in [-0.39, 0.29) is 18.7 Å². The van der Waals surface area contributed by atoms with Crippen LogP contribution in [-0.2, 0) is 14.3 Å². The molecule has 0 radical (unpaired) electrons. The summed E-state index contributed by atoms with van der Waals surface area (Å²) in [6.07, 6.45) is 0.191. The van der Waals surface area contributed by atoms with E-state index >= 15 is 0 Å². The van der Waals surface area contributed by atoms with Gasteiger partial charge in [0.15, 0.2) is 0 Å². The maximum atomic E-state index is 11.9. The highest BCUT2D eigenvalue weighted by molar-refractivity contribution is 5.95. The van der Waals surface area contributed by atoms with Crippen LogP contribution in [0.25, 0.3) is 0 Å². The van der Waals surface area contributed by atoms with E-state index in [9.17, 15) is 9.59 Å². The van der Waals surface area contributed by atoms with Crippen LogP contribution in [0.1, 0.15) is 12.8 Å². The minimum Gasteiger partial charge on any atom is -0.495 e. The molecule has 0 atom stereocenters. The number of methoxy groups -OCH3 is 2. The predicted octanol–water partition coefficient (Wildman–Crippen LogP) is 1.61. The number of anilines is 1. The minimum atomic E-state index is -0.392. The van der Waals surface area contributed by atoms with E-state index in [1.54, 1.807) is 26.3 Å². The quantitative estimate of drug-likeness (QED) is 0.746. The summed E-state index contributed by atoms with van der Waals surface area (Å²) in [6.45, 7) is 0. The van der Waals surface area contributed by atoms with E-state index in [0.29, 0.717) is 11.4 Å². The minimum absolute atomic E-state index is 0.0782. The standard InChI is InChI=1S/C13H17NO4/c1-14(12(15)8-9-13(16)18-3)10-6-4-5-7-11(10)17-2/h4-7H,8-9H2,1-3H3. The largest absolute Gasteiger partial charge is 0.495 e. The zero-order valence-electron chi connectivity index (χ0n) is 10.8. The third kappa shape index (κ3) is 3.48. The number of hydrogen-bond donors (Lipinski definition) is 0. The Morgan fingerprint density at radius 1 is 1.17 bits per heavy atom. The Kier molecular flexibility index (Phi) is 5.17. The third-order valence-corrected chi connectivity index (χ3v) is 2.59. The van der Waals surface area contributed by atoms with Crippen molar-refractivity contribution < 1.29 is 19.1 Å². The van der Waals surface area contributed by atoms with Gasteiger partial charge >= 0.3 is 5.97 Å². The predicted molar refractivity (Wildman–Crippen MR) is 67.7 cm³/mol. The molecule has 0 spiro atoms. The van der Waals surface area contributed by atoms with Crippen LogP contribution < -0.4 is 9.64 Å². The van der Waals surface area contributed by atoms with E-state index < -0.39 is 5.97 Å². The van der Waals surface area contributed by atoms with Crippen molar-refractivity contribution in [3.05, 3.63) is 24.3 Å². The second kappa shape index (κ2) is 6.64. The van der Waals surface area contributed by atoms with Crippen molar-refractivity contribution in [1.29, 1.82) is 0 Å². The van der Waals surface area contributed by atoms with Crippen LogP contribution >= 0.6 is 0 Å². The Hall–Kier alpha value is -2.04. The summed E-state index contributed by atoms with van der Waals surface area (Å²) >= 11 is 0. The van der Waals surface area contributed by atoms with E-state index in [2.05, 4.69) is 4.74 Å². The molecule has 1 amide bonds. The highest BCUT2D eigenvalue weighted by Crippen LogP contribution is 2.27. The van der Waals surface area contributed by atoms with E-state index in [1.807, 2.05) is 12.1 Å². The maximum absolute atomic E-state index is 11.9. The molecule has 1 aromatic rings. The van der Waals surface area contributed by atoms with Gasteiger partial charge in [-0.1, -0.05) is 12.1 Å². The zero-order chi connectivity index (χ0) is 13.5. The summed E-state index contributed by atoms with van der Waals surface area (Å²) in [5.74, 6) is 0.0631. The van der Waals surface area contributed by atoms with Crippen molar-refractivity contribution in [3.63, 3.8) is 0 Å². The number of nitrogens with zero attached hydrogens (tertiary/aromatic N) is 1. The van der Waals surface area contributed by atoms with Gasteiger partial charge in [0.05, 0.1) is 26.3 Å². The molecule has 5 nitrogen and oxygen atoms in total. The van der Waals surface area contributed by atoms with Gasteiger partial charge in [-0.15, -0.1) is 0 Å². The topological polar surface area (TPSA) is 55.8 Å². The van der Waals surface area contributed by atoms with Gasteiger partial charge in [-0.2, -0.15) is 0 Å². The Balaban J connectivity index is 2.71. The number of ether oxygens (including phenoxy) is 2. The molecule has 0 aromatic heterocycles. The van der Waals surface area contributed by atoms with Gasteiger partial charge in [-0.3, -0.25) is 9.59 Å². The smallest absolute Gasteiger partial charge is 0.306 e. The first-order chi connectivity index (χ1) is 8.60. The molecule has 0 fully saturated rings. The average molecular weight is 251 g/mol. The molecule has 0 bridgehead atoms. The summed E-state index contributed by atoms with van der Waals surface area (Å²) in [6, 6.07) is 7.21. The molecule has 1 rings (SSSR count). The Morgan fingerprint density at radius 3 is 2.44 bits per heavy atom. The molecule has 0 N–H and O–H groups in total. The fraction of sp³-hybridized carbons (Fsp3) is 0.385. The molecule has 0 saturated heterocycles. The maximum Gasteiger partial charge on any atom is 0.306 e. The number of carbonyl (C=O) groups excluding carboxylic acids is 2. The van der Waals surface area contributed by atoms with E-state index in [0.717, 1.165) is 0 Å². The number of rotatable bonds is 5. The van der Waals surface area contributed by atoms with Crippen LogP contribution in [0, 0.1) is 0 Å². The molecular weight excluding hydrogens is 234 g/mol. The van der Waals surface area contributed by atoms with Crippen molar-refractivity contribution in [2.24, 2.45) is 0 Å². The summed E-state index contributed by atoms with van der Waals surface area (Å²) in [7, 11) is 4.50. The van der Waals surface area contributed by atoms with Crippen molar-refractivity contribution in [2.75, 3.05) is 26.2 Å². The van der Waals surface area contributed by atoms with Crippen molar-refractivity contribution in [2.45, 2.75) is 12.8 Å². The monoisotopic (exact) mass is 251 g/mol. The highest BCUT2D eigenvalue weighted by Gasteiger charge is 2.15. The molecule has 18 heavy (non-hydrogen) atoms. The number of para-hydroxylation sites is 2. The first kappa shape index (κ1) is 14.0. The molecule has 0 aliphatic rings. The normalized spacial score (nSPS) is 9.72. The Morgan fingerprint density at radius 2 is 1.83 bits per heavy atom. The van der Waals surface area contributed by atoms with Crippen LogP contribution in [0.5, 0.6) is 5.75 Å². The third-order valence-electron chi connectivity index (χ3n) is 2.59. The van der Waals surface area contributed by atoms with Gasteiger partial charge in [0, 0.05) is 13.5 Å². The lowest BCUT2D eigenvalue weighted by atomic mass is 10.2. The lowest BCUT2D eigenvalue weighted by Gasteiger charge is -2.19. The van der Waals surface area contributed by atoms with Crippen LogP contribution in [0.4, 0.5) is 5.69 Å². The summed E-state index contributed by atoms with van der Waals surface area (Å²) in [5.41, 5.74) is 0.676. The average Bonchev–Trinajstić information content (AvgIpc) is 2.43.